The lowest BCUT2D eigenvalue weighted by Gasteiger charge is -2.07. The van der Waals surface area contributed by atoms with Crippen molar-refractivity contribution in [1.82, 2.24) is 111 Å². The molecule has 24 nitrogen and oxygen atoms in total. The normalized spacial score (nSPS) is 13.6. The van der Waals surface area contributed by atoms with E-state index < -0.39 is 11.7 Å². The lowest BCUT2D eigenvalue weighted by atomic mass is 10.0. The number of rotatable bonds is 17. The van der Waals surface area contributed by atoms with Crippen molar-refractivity contribution in [3.8, 4) is 96.5 Å². The SMILES string of the molecule is CC(C)Cc1nc(-c2ccc3[nH]nc(-c4ccc(=O)[nH]c4)c3c2)n[nH]1.COc1ccc(-c2n[nH]c3ccc(-c4n[nH]c(CC5CC5)n4)cc23)cn1.Cc1cc(-c2n[nH]c3ccc(-c4n[nH]c(CC5CC5)n4)cc23)ccc1F.FC(F)(F)c1cccc(-c2n[nH]c3ccc(-c4n[nH]c(CC5CC5)n4)cc23)c1. The molecule has 16 aromatic rings. The van der Waals surface area contributed by atoms with Gasteiger partial charge in [0.25, 0.3) is 0 Å². The van der Waals surface area contributed by atoms with Crippen molar-refractivity contribution in [3.63, 3.8) is 0 Å². The monoisotopic (exact) mass is 1410 g/mol. The number of halogens is 4. The number of hydrogen-bond acceptors (Lipinski definition) is 15. The highest BCUT2D eigenvalue weighted by atomic mass is 19.4. The maximum atomic E-state index is 13.6. The van der Waals surface area contributed by atoms with Crippen LogP contribution >= 0.6 is 0 Å². The molecular weight excluding hydrogens is 1340 g/mol. The van der Waals surface area contributed by atoms with E-state index in [0.29, 0.717) is 52.0 Å². The molecule has 9 N–H and O–H groups in total. The number of pyridine rings is 2. The van der Waals surface area contributed by atoms with E-state index in [2.05, 4.69) is 131 Å². The van der Waals surface area contributed by atoms with Crippen molar-refractivity contribution in [2.45, 2.75) is 91.2 Å². The van der Waals surface area contributed by atoms with Gasteiger partial charge in [-0.15, -0.1) is 0 Å². The Morgan fingerprint density at radius 3 is 1.24 bits per heavy atom. The number of benzene rings is 6. The van der Waals surface area contributed by atoms with Gasteiger partial charge in [-0.2, -0.15) is 54.0 Å². The zero-order valence-corrected chi connectivity index (χ0v) is 57.5. The number of hydrogen-bond donors (Lipinski definition) is 9. The molecule has 3 aliphatic rings. The Morgan fingerprint density at radius 1 is 0.448 bits per heavy atom. The van der Waals surface area contributed by atoms with E-state index in [1.807, 2.05) is 84.9 Å². The maximum absolute atomic E-state index is 13.6. The van der Waals surface area contributed by atoms with Gasteiger partial charge in [-0.3, -0.25) is 45.6 Å². The lowest BCUT2D eigenvalue weighted by Crippen LogP contribution is -2.04. The molecule has 19 rings (SSSR count). The van der Waals surface area contributed by atoms with Gasteiger partial charge in [-0.1, -0.05) is 26.0 Å². The van der Waals surface area contributed by atoms with Gasteiger partial charge in [-0.25, -0.2) is 29.3 Å². The number of H-pyrrole nitrogens is 9. The molecule has 3 aliphatic carbocycles. The van der Waals surface area contributed by atoms with Crippen molar-refractivity contribution in [2.24, 2.45) is 23.7 Å². The van der Waals surface area contributed by atoms with Gasteiger partial charge in [0.1, 0.15) is 40.5 Å². The summed E-state index contributed by atoms with van der Waals surface area (Å²) in [6.45, 7) is 6.06. The van der Waals surface area contributed by atoms with Crippen LogP contribution in [0.25, 0.3) is 134 Å². The van der Waals surface area contributed by atoms with Crippen LogP contribution in [-0.4, -0.2) is 119 Å². The summed E-state index contributed by atoms with van der Waals surface area (Å²) in [4.78, 5) is 36.6. The summed E-state index contributed by atoms with van der Waals surface area (Å²) >= 11 is 0. The predicted octanol–water partition coefficient (Wildman–Crippen LogP) is 15.7. The second-order valence-electron chi connectivity index (χ2n) is 27.4. The van der Waals surface area contributed by atoms with Gasteiger partial charge in [0, 0.05) is 116 Å². The van der Waals surface area contributed by atoms with Crippen LogP contribution in [-0.2, 0) is 31.9 Å². The Labute approximate surface area is 595 Å². The van der Waals surface area contributed by atoms with E-state index in [-0.39, 0.29) is 11.4 Å². The Morgan fingerprint density at radius 2 is 0.848 bits per heavy atom. The summed E-state index contributed by atoms with van der Waals surface area (Å²) in [6.07, 6.45) is 10.4. The molecule has 3 saturated carbocycles. The van der Waals surface area contributed by atoms with Crippen molar-refractivity contribution in [3.05, 3.63) is 203 Å². The van der Waals surface area contributed by atoms with E-state index in [9.17, 15) is 22.4 Å². The summed E-state index contributed by atoms with van der Waals surface area (Å²) < 4.78 is 57.9. The van der Waals surface area contributed by atoms with E-state index in [0.717, 1.165) is 178 Å². The second-order valence-corrected chi connectivity index (χ2v) is 27.4. The van der Waals surface area contributed by atoms with E-state index >= 15 is 0 Å². The molecule has 10 heterocycles. The highest BCUT2D eigenvalue weighted by Gasteiger charge is 2.31. The van der Waals surface area contributed by atoms with Crippen LogP contribution in [0.1, 0.15) is 86.8 Å². The van der Waals surface area contributed by atoms with Gasteiger partial charge < -0.3 is 9.72 Å². The van der Waals surface area contributed by atoms with Gasteiger partial charge >= 0.3 is 6.18 Å². The van der Waals surface area contributed by atoms with Gasteiger partial charge in [-0.05, 0) is 190 Å². The number of alkyl halides is 3. The fourth-order valence-electron chi connectivity index (χ4n) is 12.6. The van der Waals surface area contributed by atoms with Crippen molar-refractivity contribution in [2.75, 3.05) is 7.11 Å². The number of methoxy groups -OCH3 is 1. The summed E-state index contributed by atoms with van der Waals surface area (Å²) in [7, 11) is 1.60. The Kier molecular flexibility index (Phi) is 18.0. The summed E-state index contributed by atoms with van der Waals surface area (Å²) in [5, 5.41) is 62.7. The summed E-state index contributed by atoms with van der Waals surface area (Å²) in [6, 6.07) is 40.9. The molecule has 0 amide bonds. The van der Waals surface area contributed by atoms with Crippen LogP contribution in [0.5, 0.6) is 5.88 Å². The molecule has 0 atom stereocenters. The van der Waals surface area contributed by atoms with Gasteiger partial charge in [0.05, 0.1) is 46.1 Å². The molecule has 28 heteroatoms. The minimum Gasteiger partial charge on any atom is -0.481 e. The van der Waals surface area contributed by atoms with Crippen LogP contribution in [0.15, 0.2) is 157 Å². The summed E-state index contributed by atoms with van der Waals surface area (Å²) in [5.74, 6) is 9.47. The smallest absolute Gasteiger partial charge is 0.416 e. The second kappa shape index (κ2) is 28.3. The van der Waals surface area contributed by atoms with Crippen molar-refractivity contribution in [1.29, 1.82) is 0 Å². The molecule has 6 aromatic carbocycles. The minimum absolute atomic E-state index is 0.136. The van der Waals surface area contributed by atoms with E-state index in [1.165, 1.54) is 56.7 Å². The molecule has 0 spiro atoms. The molecule has 0 saturated heterocycles. The molecular formula is C77H70F4N22O2. The van der Waals surface area contributed by atoms with Crippen molar-refractivity contribution < 1.29 is 22.3 Å². The molecule has 0 unspecified atom stereocenters. The molecule has 0 aliphatic heterocycles. The van der Waals surface area contributed by atoms with Crippen LogP contribution in [0.3, 0.4) is 0 Å². The number of ether oxygens (including phenoxy) is 1. The third-order valence-corrected chi connectivity index (χ3v) is 18.7. The average Bonchev–Trinajstić information content (AvgIpc) is 1.69. The van der Waals surface area contributed by atoms with Crippen LogP contribution in [0.4, 0.5) is 17.6 Å². The van der Waals surface area contributed by atoms with Gasteiger partial charge in [0.2, 0.25) is 11.4 Å². The van der Waals surface area contributed by atoms with Crippen molar-refractivity contribution >= 4 is 43.6 Å². The minimum atomic E-state index is -4.40. The summed E-state index contributed by atoms with van der Waals surface area (Å²) in [5.41, 5.74) is 12.9. The van der Waals surface area contributed by atoms with E-state index in [4.69, 9.17) is 4.74 Å². The molecule has 528 valence electrons. The molecule has 0 radical (unpaired) electrons. The van der Waals surface area contributed by atoms with E-state index in [1.54, 1.807) is 44.6 Å². The fourth-order valence-corrected chi connectivity index (χ4v) is 12.6. The molecule has 0 bridgehead atoms. The number of aromatic amines is 9. The molecule has 10 aromatic heterocycles. The lowest BCUT2D eigenvalue weighted by molar-refractivity contribution is -0.137. The Balaban J connectivity index is 0.000000108. The number of aryl methyl sites for hydroxylation is 1. The largest absolute Gasteiger partial charge is 0.481 e. The molecule has 105 heavy (non-hydrogen) atoms. The predicted molar refractivity (Wildman–Crippen MR) is 390 cm³/mol. The molecule has 3 fully saturated rings. The highest BCUT2D eigenvalue weighted by Crippen LogP contribution is 2.39. The first-order chi connectivity index (χ1) is 51.0. The Bertz CT molecular complexity index is 5820. The first-order valence-corrected chi connectivity index (χ1v) is 34.8. The first kappa shape index (κ1) is 66.9. The first-order valence-electron chi connectivity index (χ1n) is 34.8. The van der Waals surface area contributed by atoms with Crippen LogP contribution < -0.4 is 10.3 Å². The zero-order chi connectivity index (χ0) is 71.9. The Hall–Kier alpha value is -12.6. The standard InChI is InChI=1S/C20H16F3N5.C20H18FN5.C19H18N6O.C18H18N6O/c21-20(22,23)14-3-1-2-12(9-14)18-15-10-13(6-7-16(15)25-27-18)19-24-17(26-28-19)8-11-4-5-11;1-11-8-13(4-6-16(11)21)19-15-10-14(5-7-17(15)23-25-19)20-22-18(24-26-20)9-12-2-3-12;1-26-17-7-5-13(10-20-17)18-14-9-12(4-6-15(14)22-24-18)19-21-16(23-25-19)8-11-2-3-11;1-10(2)7-15-20-18(24-22-15)11-3-5-14-13(8-11)17(23-21-14)12-4-6-16(25)19-9-12/h1-3,6-7,9-11H,4-5,8H2,(H,25,27)(H,24,26,28);4-8,10,12H,2-3,9H2,1H3,(H,23,25)(H,22,24,26);4-7,9-11H,2-3,8H2,1H3,(H,22,24)(H,21,23,25);3-6,8-10H,7H2,1-2H3,(H,19,25)(H,21,23)(H,20,22,24). The maximum Gasteiger partial charge on any atom is 0.416 e. The highest BCUT2D eigenvalue weighted by molar-refractivity contribution is 5.98. The third kappa shape index (κ3) is 15.2. The van der Waals surface area contributed by atoms with Crippen LogP contribution in [0, 0.1) is 36.4 Å². The third-order valence-electron chi connectivity index (χ3n) is 18.7. The zero-order valence-electron chi connectivity index (χ0n) is 57.5. The number of aromatic nitrogens is 22. The quantitative estimate of drug-likeness (QED) is 0.0383. The number of nitrogens with zero attached hydrogens (tertiary/aromatic N) is 13. The van der Waals surface area contributed by atoms with Crippen LogP contribution in [0.2, 0.25) is 0 Å². The average molecular weight is 1410 g/mol. The fraction of sp³-hybridized carbons (Fsp3) is 0.247. The topological polar surface area (TPSA) is 336 Å². The number of nitrogens with one attached hydrogen (secondary N) is 9. The number of fused-ring (bicyclic) bond motifs is 4. The van der Waals surface area contributed by atoms with Gasteiger partial charge in [0.15, 0.2) is 23.3 Å².